The first-order chi connectivity index (χ1) is 9.33. The van der Waals surface area contributed by atoms with Gasteiger partial charge in [0.05, 0.1) is 7.11 Å². The average Bonchev–Trinajstić information content (AvgIpc) is 2.48. The molecule has 0 atom stereocenters. The van der Waals surface area contributed by atoms with E-state index in [2.05, 4.69) is 21.8 Å². The number of nitrogen functional groups attached to an aromatic ring is 1. The van der Waals surface area contributed by atoms with E-state index < -0.39 is 0 Å². The Bertz CT molecular complexity index is 530. The van der Waals surface area contributed by atoms with Gasteiger partial charge in [0.2, 0.25) is 0 Å². The molecule has 0 saturated heterocycles. The lowest BCUT2D eigenvalue weighted by atomic mass is 10.1. The van der Waals surface area contributed by atoms with Crippen LogP contribution in [0.3, 0.4) is 0 Å². The first-order valence-corrected chi connectivity index (χ1v) is 6.12. The number of aromatic nitrogens is 1. The molecular weight excluding hydrogens is 240 g/mol. The van der Waals surface area contributed by atoms with Gasteiger partial charge in [0.1, 0.15) is 11.6 Å². The number of benzene rings is 1. The Balaban J connectivity index is 1.92. The summed E-state index contributed by atoms with van der Waals surface area (Å²) in [5, 5.41) is 3.33. The molecule has 2 rings (SSSR count). The Kier molecular flexibility index (Phi) is 4.58. The molecule has 0 fully saturated rings. The molecule has 0 aliphatic carbocycles. The van der Waals surface area contributed by atoms with Crippen molar-refractivity contribution in [2.24, 2.45) is 5.84 Å². The van der Waals surface area contributed by atoms with E-state index in [4.69, 9.17) is 10.6 Å². The van der Waals surface area contributed by atoms with E-state index in [1.54, 1.807) is 13.3 Å². The Labute approximate surface area is 112 Å². The zero-order valence-electron chi connectivity index (χ0n) is 10.9. The summed E-state index contributed by atoms with van der Waals surface area (Å²) in [5.41, 5.74) is 4.69. The van der Waals surface area contributed by atoms with E-state index in [0.29, 0.717) is 5.82 Å². The highest BCUT2D eigenvalue weighted by Crippen LogP contribution is 2.18. The van der Waals surface area contributed by atoms with Crippen LogP contribution in [0, 0.1) is 0 Å². The van der Waals surface area contributed by atoms with Crippen LogP contribution in [0.4, 0.5) is 11.5 Å². The number of hydrogen-bond donors (Lipinski definition) is 3. The number of nitrogens with zero attached hydrogens (tertiary/aromatic N) is 1. The maximum absolute atomic E-state index is 5.32. The number of hydrogen-bond acceptors (Lipinski definition) is 5. The van der Waals surface area contributed by atoms with Gasteiger partial charge in [-0.15, -0.1) is 0 Å². The number of ether oxygens (including phenoxy) is 1. The fourth-order valence-electron chi connectivity index (χ4n) is 1.87. The largest absolute Gasteiger partial charge is 0.496 e. The quantitative estimate of drug-likeness (QED) is 0.546. The van der Waals surface area contributed by atoms with Crippen LogP contribution >= 0.6 is 0 Å². The van der Waals surface area contributed by atoms with Crippen LogP contribution in [0.25, 0.3) is 0 Å². The van der Waals surface area contributed by atoms with Gasteiger partial charge in [-0.1, -0.05) is 18.2 Å². The molecule has 1 aromatic carbocycles. The van der Waals surface area contributed by atoms with E-state index in [9.17, 15) is 0 Å². The molecule has 0 amide bonds. The van der Waals surface area contributed by atoms with Gasteiger partial charge in [-0.3, -0.25) is 0 Å². The second-order valence-electron chi connectivity index (χ2n) is 4.06. The van der Waals surface area contributed by atoms with Crippen molar-refractivity contribution in [1.29, 1.82) is 0 Å². The van der Waals surface area contributed by atoms with Gasteiger partial charge in [0.15, 0.2) is 0 Å². The third-order valence-electron chi connectivity index (χ3n) is 2.82. The van der Waals surface area contributed by atoms with Crippen LogP contribution in [0.2, 0.25) is 0 Å². The number of para-hydroxylation sites is 1. The first-order valence-electron chi connectivity index (χ1n) is 6.12. The van der Waals surface area contributed by atoms with E-state index in [1.807, 2.05) is 30.3 Å². The topological polar surface area (TPSA) is 72.2 Å². The molecule has 5 heteroatoms. The Hall–Kier alpha value is -2.27. The molecule has 5 nitrogen and oxygen atoms in total. The lowest BCUT2D eigenvalue weighted by molar-refractivity contribution is 0.410. The van der Waals surface area contributed by atoms with Crippen molar-refractivity contribution in [1.82, 2.24) is 4.98 Å². The summed E-state index contributed by atoms with van der Waals surface area (Å²) in [6, 6.07) is 11.8. The van der Waals surface area contributed by atoms with Crippen molar-refractivity contribution < 1.29 is 4.74 Å². The van der Waals surface area contributed by atoms with Crippen LogP contribution in [-0.4, -0.2) is 18.6 Å². The molecule has 0 aliphatic heterocycles. The van der Waals surface area contributed by atoms with E-state index in [1.165, 1.54) is 5.56 Å². The maximum atomic E-state index is 5.32. The van der Waals surface area contributed by atoms with E-state index in [0.717, 1.165) is 24.4 Å². The lowest BCUT2D eigenvalue weighted by Crippen LogP contribution is -2.10. The Morgan fingerprint density at radius 3 is 2.89 bits per heavy atom. The highest BCUT2D eigenvalue weighted by Gasteiger charge is 2.01. The molecule has 0 bridgehead atoms. The molecule has 4 N–H and O–H groups in total. The minimum absolute atomic E-state index is 0.641. The number of hydrazine groups is 1. The van der Waals surface area contributed by atoms with Gasteiger partial charge < -0.3 is 15.5 Å². The fraction of sp³-hybridized carbons (Fsp3) is 0.214. The number of nitrogens with two attached hydrogens (primary N) is 1. The molecule has 0 radical (unpaired) electrons. The minimum Gasteiger partial charge on any atom is -0.496 e. The Morgan fingerprint density at radius 1 is 1.26 bits per heavy atom. The summed E-state index contributed by atoms with van der Waals surface area (Å²) < 4.78 is 5.32. The number of rotatable bonds is 6. The summed E-state index contributed by atoms with van der Waals surface area (Å²) in [4.78, 5) is 4.06. The molecule has 0 saturated carbocycles. The van der Waals surface area contributed by atoms with Crippen LogP contribution in [-0.2, 0) is 6.42 Å². The zero-order valence-corrected chi connectivity index (χ0v) is 10.9. The summed E-state index contributed by atoms with van der Waals surface area (Å²) in [6.45, 7) is 0.814. The van der Waals surface area contributed by atoms with Crippen LogP contribution in [0.1, 0.15) is 5.56 Å². The third kappa shape index (κ3) is 3.59. The predicted molar refractivity (Wildman–Crippen MR) is 77.2 cm³/mol. The van der Waals surface area contributed by atoms with Gasteiger partial charge in [-0.2, -0.15) is 0 Å². The molecule has 0 aliphatic rings. The van der Waals surface area contributed by atoms with Crippen molar-refractivity contribution in [2.45, 2.75) is 6.42 Å². The fourth-order valence-corrected chi connectivity index (χ4v) is 1.87. The van der Waals surface area contributed by atoms with E-state index >= 15 is 0 Å². The van der Waals surface area contributed by atoms with Crippen molar-refractivity contribution in [3.05, 3.63) is 48.2 Å². The molecular formula is C14H18N4O. The number of methoxy groups -OCH3 is 1. The van der Waals surface area contributed by atoms with Crippen molar-refractivity contribution in [3.8, 4) is 5.75 Å². The van der Waals surface area contributed by atoms with Crippen molar-refractivity contribution in [2.75, 3.05) is 24.4 Å². The molecule has 0 unspecified atom stereocenters. The van der Waals surface area contributed by atoms with Gasteiger partial charge in [-0.05, 0) is 24.1 Å². The number of pyridine rings is 1. The Morgan fingerprint density at radius 2 is 2.11 bits per heavy atom. The van der Waals surface area contributed by atoms with Crippen molar-refractivity contribution in [3.63, 3.8) is 0 Å². The highest BCUT2D eigenvalue weighted by molar-refractivity contribution is 5.51. The summed E-state index contributed by atoms with van der Waals surface area (Å²) in [5.74, 6) is 6.88. The van der Waals surface area contributed by atoms with Crippen LogP contribution < -0.4 is 21.3 Å². The smallest absolute Gasteiger partial charge is 0.141 e. The SMILES string of the molecule is COc1ccccc1CCNc1ccnc(NN)c1. The van der Waals surface area contributed by atoms with Gasteiger partial charge in [0, 0.05) is 24.5 Å². The summed E-state index contributed by atoms with van der Waals surface area (Å²) in [7, 11) is 1.69. The highest BCUT2D eigenvalue weighted by atomic mass is 16.5. The van der Waals surface area contributed by atoms with Crippen molar-refractivity contribution >= 4 is 11.5 Å². The summed E-state index contributed by atoms with van der Waals surface area (Å²) in [6.07, 6.45) is 2.60. The third-order valence-corrected chi connectivity index (χ3v) is 2.82. The second kappa shape index (κ2) is 6.61. The minimum atomic E-state index is 0.641. The van der Waals surface area contributed by atoms with Gasteiger partial charge >= 0.3 is 0 Å². The molecule has 1 heterocycles. The molecule has 1 aromatic heterocycles. The second-order valence-corrected chi connectivity index (χ2v) is 4.06. The lowest BCUT2D eigenvalue weighted by Gasteiger charge is -2.10. The first kappa shape index (κ1) is 13.2. The number of nitrogens with one attached hydrogen (secondary N) is 2. The predicted octanol–water partition coefficient (Wildman–Crippen LogP) is 2.03. The van der Waals surface area contributed by atoms with Gasteiger partial charge in [0.25, 0.3) is 0 Å². The van der Waals surface area contributed by atoms with Crippen LogP contribution in [0.15, 0.2) is 42.6 Å². The average molecular weight is 258 g/mol. The van der Waals surface area contributed by atoms with Crippen LogP contribution in [0.5, 0.6) is 5.75 Å². The summed E-state index contributed by atoms with van der Waals surface area (Å²) >= 11 is 0. The molecule has 100 valence electrons. The number of anilines is 2. The monoisotopic (exact) mass is 258 g/mol. The van der Waals surface area contributed by atoms with E-state index in [-0.39, 0.29) is 0 Å². The zero-order chi connectivity index (χ0) is 13.5. The molecule has 2 aromatic rings. The maximum Gasteiger partial charge on any atom is 0.141 e. The molecule has 0 spiro atoms. The molecule has 19 heavy (non-hydrogen) atoms. The standard InChI is InChI=1S/C14H18N4O/c1-19-13-5-3-2-4-11(13)6-8-16-12-7-9-17-14(10-12)18-15/h2-5,7,9-10H,6,8,15H2,1H3,(H2,16,17,18). The normalized spacial score (nSPS) is 10.0. The van der Waals surface area contributed by atoms with Gasteiger partial charge in [-0.25, -0.2) is 10.8 Å².